The predicted molar refractivity (Wildman–Crippen MR) is 87.8 cm³/mol. The molecule has 0 N–H and O–H groups in total. The molecule has 0 amide bonds. The summed E-state index contributed by atoms with van der Waals surface area (Å²) in [6.45, 7) is 0. The van der Waals surface area contributed by atoms with Crippen LogP contribution in [-0.2, 0) is 5.88 Å². The Bertz CT molecular complexity index is 556. The number of benzene rings is 2. The van der Waals surface area contributed by atoms with E-state index in [4.69, 9.17) is 11.6 Å². The predicted octanol–water partition coefficient (Wildman–Crippen LogP) is 6.23. The van der Waals surface area contributed by atoms with Crippen molar-refractivity contribution in [2.24, 2.45) is 0 Å². The normalized spacial score (nSPS) is 15.7. The summed E-state index contributed by atoms with van der Waals surface area (Å²) < 4.78 is 0. The van der Waals surface area contributed by atoms with Crippen LogP contribution in [0.2, 0.25) is 0 Å². The molecule has 0 spiro atoms. The van der Waals surface area contributed by atoms with Crippen LogP contribution < -0.4 is 0 Å². The zero-order chi connectivity index (χ0) is 13.8. The molecule has 1 aliphatic carbocycles. The first-order chi connectivity index (χ1) is 9.86. The lowest BCUT2D eigenvalue weighted by Gasteiger charge is -2.11. The molecule has 3 rings (SSSR count). The van der Waals surface area contributed by atoms with Gasteiger partial charge in [-0.2, -0.15) is 0 Å². The third kappa shape index (κ3) is 3.21. The van der Waals surface area contributed by atoms with Gasteiger partial charge in [-0.1, -0.05) is 54.9 Å². The summed E-state index contributed by atoms with van der Waals surface area (Å²) in [6, 6.07) is 17.5. The van der Waals surface area contributed by atoms with E-state index >= 15 is 0 Å². The average molecular weight is 303 g/mol. The summed E-state index contributed by atoms with van der Waals surface area (Å²) in [4.78, 5) is 2.56. The molecule has 104 valence electrons. The Morgan fingerprint density at radius 1 is 0.950 bits per heavy atom. The molecular weight excluding hydrogens is 284 g/mol. The van der Waals surface area contributed by atoms with Crippen molar-refractivity contribution < 1.29 is 0 Å². The Hall–Kier alpha value is -0.920. The van der Waals surface area contributed by atoms with Crippen molar-refractivity contribution >= 4 is 23.4 Å². The van der Waals surface area contributed by atoms with E-state index in [0.29, 0.717) is 5.88 Å². The minimum absolute atomic E-state index is 0.573. The number of alkyl halides is 1. The fourth-order valence-corrected chi connectivity index (χ4v) is 4.16. The molecule has 1 aliphatic rings. The van der Waals surface area contributed by atoms with Gasteiger partial charge in [-0.15, -0.1) is 11.6 Å². The topological polar surface area (TPSA) is 0 Å². The van der Waals surface area contributed by atoms with Crippen molar-refractivity contribution in [3.63, 3.8) is 0 Å². The van der Waals surface area contributed by atoms with Crippen LogP contribution in [0, 0.1) is 0 Å². The maximum atomic E-state index is 6.00. The Labute approximate surface area is 130 Å². The number of hydrogen-bond acceptors (Lipinski definition) is 1. The smallest absolute Gasteiger partial charge is 0.0485 e. The SMILES string of the molecule is ClCc1ccccc1Sc1ccc(C2CCCC2)cc1. The van der Waals surface area contributed by atoms with Gasteiger partial charge in [-0.3, -0.25) is 0 Å². The maximum absolute atomic E-state index is 6.00. The van der Waals surface area contributed by atoms with Crippen LogP contribution in [0.3, 0.4) is 0 Å². The van der Waals surface area contributed by atoms with Crippen LogP contribution in [0.5, 0.6) is 0 Å². The second-order valence-corrected chi connectivity index (χ2v) is 6.78. The lowest BCUT2D eigenvalue weighted by atomic mass is 9.98. The molecule has 0 atom stereocenters. The van der Waals surface area contributed by atoms with Gasteiger partial charge in [0, 0.05) is 15.7 Å². The molecular formula is C18H19ClS. The molecule has 0 aromatic heterocycles. The van der Waals surface area contributed by atoms with Crippen LogP contribution >= 0.6 is 23.4 Å². The largest absolute Gasteiger partial charge is 0.122 e. The Kier molecular flexibility index (Phi) is 4.69. The second-order valence-electron chi connectivity index (χ2n) is 5.39. The average Bonchev–Trinajstić information content (AvgIpc) is 3.03. The first kappa shape index (κ1) is 14.0. The second kappa shape index (κ2) is 6.69. The Balaban J connectivity index is 1.74. The summed E-state index contributed by atoms with van der Waals surface area (Å²) >= 11 is 7.80. The molecule has 2 aromatic rings. The van der Waals surface area contributed by atoms with E-state index in [0.717, 1.165) is 5.92 Å². The molecule has 1 fully saturated rings. The fraction of sp³-hybridized carbons (Fsp3) is 0.333. The molecule has 0 heterocycles. The molecule has 0 aliphatic heterocycles. The van der Waals surface area contributed by atoms with Gasteiger partial charge in [0.15, 0.2) is 0 Å². The summed E-state index contributed by atoms with van der Waals surface area (Å²) in [6.07, 6.45) is 5.51. The monoisotopic (exact) mass is 302 g/mol. The summed E-state index contributed by atoms with van der Waals surface area (Å²) in [5.41, 5.74) is 2.72. The van der Waals surface area contributed by atoms with E-state index in [2.05, 4.69) is 42.5 Å². The molecule has 0 saturated heterocycles. The first-order valence-electron chi connectivity index (χ1n) is 7.28. The van der Waals surface area contributed by atoms with E-state index in [1.54, 1.807) is 11.8 Å². The fourth-order valence-electron chi connectivity index (χ4n) is 2.91. The van der Waals surface area contributed by atoms with Gasteiger partial charge in [-0.25, -0.2) is 0 Å². The molecule has 2 heteroatoms. The summed E-state index contributed by atoms with van der Waals surface area (Å²) in [5, 5.41) is 0. The summed E-state index contributed by atoms with van der Waals surface area (Å²) in [5.74, 6) is 1.37. The molecule has 2 aromatic carbocycles. The minimum atomic E-state index is 0.573. The highest BCUT2D eigenvalue weighted by Gasteiger charge is 2.16. The third-order valence-electron chi connectivity index (χ3n) is 4.05. The molecule has 0 nitrogen and oxygen atoms in total. The standard InChI is InChI=1S/C18H19ClS/c19-13-16-7-3-4-8-18(16)20-17-11-9-15(10-12-17)14-5-1-2-6-14/h3-4,7-12,14H,1-2,5-6,13H2. The minimum Gasteiger partial charge on any atom is -0.122 e. The zero-order valence-electron chi connectivity index (χ0n) is 11.5. The van der Waals surface area contributed by atoms with Gasteiger partial charge in [0.05, 0.1) is 0 Å². The third-order valence-corrected chi connectivity index (χ3v) is 5.47. The lowest BCUT2D eigenvalue weighted by molar-refractivity contribution is 0.722. The van der Waals surface area contributed by atoms with E-state index in [1.807, 2.05) is 6.07 Å². The summed E-state index contributed by atoms with van der Waals surface area (Å²) in [7, 11) is 0. The van der Waals surface area contributed by atoms with Gasteiger partial charge in [0.25, 0.3) is 0 Å². The molecule has 0 unspecified atom stereocenters. The molecule has 20 heavy (non-hydrogen) atoms. The van der Waals surface area contributed by atoms with Crippen molar-refractivity contribution in [3.8, 4) is 0 Å². The van der Waals surface area contributed by atoms with Crippen molar-refractivity contribution in [1.82, 2.24) is 0 Å². The van der Waals surface area contributed by atoms with Gasteiger partial charge < -0.3 is 0 Å². The van der Waals surface area contributed by atoms with Crippen LogP contribution in [0.4, 0.5) is 0 Å². The van der Waals surface area contributed by atoms with Crippen LogP contribution in [0.1, 0.15) is 42.7 Å². The number of hydrogen-bond donors (Lipinski definition) is 0. The molecule has 1 saturated carbocycles. The van der Waals surface area contributed by atoms with Gasteiger partial charge >= 0.3 is 0 Å². The van der Waals surface area contributed by atoms with Crippen LogP contribution in [0.25, 0.3) is 0 Å². The van der Waals surface area contributed by atoms with E-state index in [1.165, 1.54) is 46.6 Å². The molecule has 0 bridgehead atoms. The van der Waals surface area contributed by atoms with Crippen molar-refractivity contribution in [2.75, 3.05) is 0 Å². The number of halogens is 1. The highest BCUT2D eigenvalue weighted by atomic mass is 35.5. The first-order valence-corrected chi connectivity index (χ1v) is 8.63. The molecule has 0 radical (unpaired) electrons. The number of rotatable bonds is 4. The van der Waals surface area contributed by atoms with Gasteiger partial charge in [-0.05, 0) is 48.1 Å². The van der Waals surface area contributed by atoms with Crippen molar-refractivity contribution in [2.45, 2.75) is 47.3 Å². The maximum Gasteiger partial charge on any atom is 0.0485 e. The van der Waals surface area contributed by atoms with Crippen molar-refractivity contribution in [1.29, 1.82) is 0 Å². The quantitative estimate of drug-likeness (QED) is 0.603. The van der Waals surface area contributed by atoms with Crippen molar-refractivity contribution in [3.05, 3.63) is 59.7 Å². The highest BCUT2D eigenvalue weighted by molar-refractivity contribution is 7.99. The zero-order valence-corrected chi connectivity index (χ0v) is 13.1. The van der Waals surface area contributed by atoms with Gasteiger partial charge in [0.2, 0.25) is 0 Å². The highest BCUT2D eigenvalue weighted by Crippen LogP contribution is 2.36. The Morgan fingerprint density at radius 3 is 2.35 bits per heavy atom. The Morgan fingerprint density at radius 2 is 1.65 bits per heavy atom. The van der Waals surface area contributed by atoms with E-state index < -0.39 is 0 Å². The van der Waals surface area contributed by atoms with E-state index in [9.17, 15) is 0 Å². The lowest BCUT2D eigenvalue weighted by Crippen LogP contribution is -1.91. The van der Waals surface area contributed by atoms with Gasteiger partial charge in [0.1, 0.15) is 0 Å². The van der Waals surface area contributed by atoms with Crippen LogP contribution in [0.15, 0.2) is 58.3 Å². The van der Waals surface area contributed by atoms with Crippen LogP contribution in [-0.4, -0.2) is 0 Å². The van der Waals surface area contributed by atoms with E-state index in [-0.39, 0.29) is 0 Å².